The average Bonchev–Trinajstić information content (AvgIpc) is 3.40. The van der Waals surface area contributed by atoms with Crippen LogP contribution in [0.25, 0.3) is 22.2 Å². The minimum atomic E-state index is -2.31. The van der Waals surface area contributed by atoms with Crippen LogP contribution in [0.3, 0.4) is 0 Å². The van der Waals surface area contributed by atoms with Gasteiger partial charge in [-0.1, -0.05) is 18.0 Å². The van der Waals surface area contributed by atoms with Crippen LogP contribution in [-0.4, -0.2) is 81.5 Å². The average molecular weight is 600 g/mol. The Morgan fingerprint density at radius 1 is 1.21 bits per heavy atom. The number of phenolic OH excluding ortho intramolecular Hbond substituents is 1. The number of piperidine rings is 2. The number of ether oxygens (including phenoxy) is 1. The van der Waals surface area contributed by atoms with Crippen molar-refractivity contribution in [3.05, 3.63) is 34.7 Å². The highest BCUT2D eigenvalue weighted by Crippen LogP contribution is 2.47. The zero-order chi connectivity index (χ0) is 31.3. The van der Waals surface area contributed by atoms with E-state index in [1.165, 1.54) is 17.0 Å². The number of phenols is 1. The Balaban J connectivity index is 1.23. The summed E-state index contributed by atoms with van der Waals surface area (Å²) in [6, 6.07) is 3.28. The maximum Gasteiger partial charge on any atom is 0.319 e. The first-order valence-corrected chi connectivity index (χ1v) is 15.3. The van der Waals surface area contributed by atoms with E-state index in [1.807, 2.05) is 0 Å². The maximum absolute atomic E-state index is 16.8. The Labute approximate surface area is 252 Å². The van der Waals surface area contributed by atoms with Gasteiger partial charge in [-0.15, -0.1) is 0 Å². The third kappa shape index (κ3) is 4.32. The monoisotopic (exact) mass is 599 g/mol. The molecule has 4 atom stereocenters. The number of rotatable bonds is 6. The topological polar surface area (TPSA) is 86.6 Å². The molecule has 1 aromatic carbocycles. The highest BCUT2D eigenvalue weighted by Gasteiger charge is 2.49. The minimum Gasteiger partial charge on any atom is -0.508 e. The van der Waals surface area contributed by atoms with E-state index in [1.54, 1.807) is 6.20 Å². The summed E-state index contributed by atoms with van der Waals surface area (Å²) in [4.78, 5) is 17.4. The van der Waals surface area contributed by atoms with Crippen LogP contribution < -0.4 is 15.0 Å². The lowest BCUT2D eigenvalue weighted by Gasteiger charge is -2.46. The van der Waals surface area contributed by atoms with Crippen molar-refractivity contribution < 1.29 is 22.7 Å². The molecule has 3 aromatic rings. The predicted molar refractivity (Wildman–Crippen MR) is 157 cm³/mol. The molecule has 0 radical (unpaired) electrons. The number of aromatic hydroxyl groups is 1. The molecule has 6 fully saturated rings. The fraction of sp³-hybridized carbons (Fsp3) is 0.581. The van der Waals surface area contributed by atoms with Crippen LogP contribution in [0.1, 0.15) is 67.0 Å². The van der Waals surface area contributed by atoms with Crippen LogP contribution in [0.5, 0.6) is 11.8 Å². The summed E-state index contributed by atoms with van der Waals surface area (Å²) in [7, 11) is 0. The van der Waals surface area contributed by atoms with Crippen molar-refractivity contribution in [2.45, 2.75) is 81.1 Å². The highest BCUT2D eigenvalue weighted by atomic mass is 35.5. The van der Waals surface area contributed by atoms with E-state index in [9.17, 15) is 9.50 Å². The lowest BCUT2D eigenvalue weighted by molar-refractivity contribution is 0.107. The molecule has 42 heavy (non-hydrogen) atoms. The van der Waals surface area contributed by atoms with Crippen molar-refractivity contribution in [2.75, 3.05) is 37.6 Å². The molecule has 0 amide bonds. The Morgan fingerprint density at radius 3 is 2.83 bits per heavy atom. The Kier molecular flexibility index (Phi) is 5.70. The largest absolute Gasteiger partial charge is 0.508 e. The molecule has 2 unspecified atom stereocenters. The molecule has 1 saturated carbocycles. The van der Waals surface area contributed by atoms with Gasteiger partial charge in [0.2, 0.25) is 0 Å². The number of pyridine rings is 1. The number of benzene rings is 1. The lowest BCUT2D eigenvalue weighted by atomic mass is 9.77. The molecular formula is C31H35ClF2N6O2. The molecule has 6 aliphatic rings. The number of nitrogens with one attached hydrogen (secondary N) is 1. The number of aromatic nitrogens is 3. The van der Waals surface area contributed by atoms with Gasteiger partial charge in [0, 0.05) is 57.7 Å². The molecule has 8 nitrogen and oxygen atoms in total. The van der Waals surface area contributed by atoms with E-state index in [2.05, 4.69) is 20.2 Å². The van der Waals surface area contributed by atoms with Crippen molar-refractivity contribution in [2.24, 2.45) is 0 Å². The van der Waals surface area contributed by atoms with Gasteiger partial charge in [-0.25, -0.2) is 8.78 Å². The summed E-state index contributed by atoms with van der Waals surface area (Å²) in [6.07, 6.45) is 4.44. The van der Waals surface area contributed by atoms with Crippen molar-refractivity contribution >= 4 is 28.3 Å². The quantitative estimate of drug-likeness (QED) is 0.392. The molecular weight excluding hydrogens is 562 g/mol. The van der Waals surface area contributed by atoms with E-state index in [0.717, 1.165) is 44.2 Å². The van der Waals surface area contributed by atoms with Gasteiger partial charge < -0.3 is 20.1 Å². The van der Waals surface area contributed by atoms with E-state index in [0.29, 0.717) is 34.8 Å². The summed E-state index contributed by atoms with van der Waals surface area (Å²) in [5.74, 6) is -0.128. The van der Waals surface area contributed by atoms with Gasteiger partial charge in [0.05, 0.1) is 12.3 Å². The molecule has 2 aromatic heterocycles. The zero-order valence-corrected chi connectivity index (χ0v) is 23.9. The third-order valence-electron chi connectivity index (χ3n) is 9.93. The summed E-state index contributed by atoms with van der Waals surface area (Å²) >= 11 is 6.60. The smallest absolute Gasteiger partial charge is 0.319 e. The summed E-state index contributed by atoms with van der Waals surface area (Å²) in [5, 5.41) is 14.8. The second-order valence-electron chi connectivity index (χ2n) is 12.5. The standard InChI is InChI=1S/C31H35ClF2N6O2/c32-24-10-21(41)9-22(25(24)17-3-1-4-17)27-26(34)28-23(13-36-27)29(40-15-19-5-6-20(40)12-35-19)38-30(37-28)42-16-31-7-2-8-39(31)14-18(33)11-31/h9-10,13,17-20,35,41H,1-8,11-12,14-16H2/t18-,19?,20?,31+/m1/s1/i8D2,18D. The van der Waals surface area contributed by atoms with Crippen LogP contribution in [0.4, 0.5) is 14.6 Å². The highest BCUT2D eigenvalue weighted by molar-refractivity contribution is 6.32. The van der Waals surface area contributed by atoms with Crippen LogP contribution in [0.2, 0.25) is 5.02 Å². The van der Waals surface area contributed by atoms with Crippen LogP contribution in [0.15, 0.2) is 18.3 Å². The number of hydrogen-bond donors (Lipinski definition) is 2. The van der Waals surface area contributed by atoms with Crippen molar-refractivity contribution in [1.82, 2.24) is 25.2 Å². The first-order valence-electron chi connectivity index (χ1n) is 16.4. The fourth-order valence-electron chi connectivity index (χ4n) is 7.49. The van der Waals surface area contributed by atoms with E-state index < -0.39 is 24.0 Å². The number of fused-ring (bicyclic) bond motifs is 5. The first kappa shape index (κ1) is 23.6. The lowest BCUT2D eigenvalue weighted by Crippen LogP contribution is -2.61. The Morgan fingerprint density at radius 2 is 2.10 bits per heavy atom. The molecule has 2 N–H and O–H groups in total. The van der Waals surface area contributed by atoms with Gasteiger partial charge in [0.1, 0.15) is 35.5 Å². The zero-order valence-electron chi connectivity index (χ0n) is 26.2. The van der Waals surface area contributed by atoms with Gasteiger partial charge in [0.25, 0.3) is 0 Å². The van der Waals surface area contributed by atoms with Gasteiger partial charge in [-0.2, -0.15) is 9.97 Å². The summed E-state index contributed by atoms with van der Waals surface area (Å²) in [5.41, 5.74) is 0.191. The van der Waals surface area contributed by atoms with Crippen molar-refractivity contribution in [3.8, 4) is 23.0 Å². The predicted octanol–water partition coefficient (Wildman–Crippen LogP) is 5.35. The molecule has 0 spiro atoms. The van der Waals surface area contributed by atoms with Gasteiger partial charge >= 0.3 is 6.01 Å². The molecule has 5 saturated heterocycles. The number of halogens is 3. The third-order valence-corrected chi connectivity index (χ3v) is 10.2. The second-order valence-corrected chi connectivity index (χ2v) is 12.9. The molecule has 7 heterocycles. The minimum absolute atomic E-state index is 0.0105. The maximum atomic E-state index is 16.8. The fourth-order valence-corrected chi connectivity index (χ4v) is 7.86. The Bertz CT molecular complexity index is 1690. The van der Waals surface area contributed by atoms with Crippen LogP contribution >= 0.6 is 11.6 Å². The number of hydrogen-bond acceptors (Lipinski definition) is 8. The number of nitrogens with zero attached hydrogens (tertiary/aromatic N) is 5. The van der Waals surface area contributed by atoms with Crippen molar-refractivity contribution in [1.29, 1.82) is 0 Å². The molecule has 11 heteroatoms. The molecule has 9 rings (SSSR count). The second kappa shape index (κ2) is 10.1. The van der Waals surface area contributed by atoms with Gasteiger partial charge in [0.15, 0.2) is 5.82 Å². The van der Waals surface area contributed by atoms with Crippen molar-refractivity contribution in [3.63, 3.8) is 0 Å². The number of piperazine rings is 1. The van der Waals surface area contributed by atoms with E-state index in [-0.39, 0.29) is 67.0 Å². The van der Waals surface area contributed by atoms with E-state index >= 15 is 4.39 Å². The molecule has 2 bridgehead atoms. The molecule has 222 valence electrons. The normalized spacial score (nSPS) is 33.3. The van der Waals surface area contributed by atoms with Gasteiger partial charge in [-0.3, -0.25) is 9.88 Å². The summed E-state index contributed by atoms with van der Waals surface area (Å²) in [6.45, 7) is -0.808. The molecule has 5 aliphatic heterocycles. The first-order chi connectivity index (χ1) is 21.4. The molecule has 1 aliphatic carbocycles. The van der Waals surface area contributed by atoms with Gasteiger partial charge in [-0.05, 0) is 68.6 Å². The number of alkyl halides is 1. The Hall–Kier alpha value is -2.82. The number of anilines is 1. The SMILES string of the molecule is [2H]C1([2H])CC[C@@]2(COc3nc(N4CC5CCC4CN5)c4cnc(-c5cc(O)cc(Cl)c5C5CCC5)c(F)c4n3)C[C@@]([2H])(F)CN12. The van der Waals surface area contributed by atoms with Crippen LogP contribution in [0, 0.1) is 5.82 Å². The van der Waals surface area contributed by atoms with E-state index in [4.69, 9.17) is 25.4 Å². The summed E-state index contributed by atoms with van der Waals surface area (Å²) < 4.78 is 62.8. The van der Waals surface area contributed by atoms with Crippen LogP contribution in [-0.2, 0) is 0 Å².